The summed E-state index contributed by atoms with van der Waals surface area (Å²) in [4.78, 5) is 38.0. The lowest BCUT2D eigenvalue weighted by molar-refractivity contribution is -0.121. The molecule has 0 aromatic heterocycles. The molecule has 0 saturated heterocycles. The molecular formula is C23H26N2O3. The lowest BCUT2D eigenvalue weighted by Gasteiger charge is -2.14. The Hall–Kier alpha value is -2.95. The highest BCUT2D eigenvalue weighted by Gasteiger charge is 2.34. The van der Waals surface area contributed by atoms with Crippen molar-refractivity contribution in [2.75, 3.05) is 6.54 Å². The number of carbonyl (C=O) groups is 3. The van der Waals surface area contributed by atoms with Crippen LogP contribution in [0.4, 0.5) is 0 Å². The molecule has 1 N–H and O–H groups in total. The Balaban J connectivity index is 1.32. The van der Waals surface area contributed by atoms with E-state index in [1.54, 1.807) is 24.3 Å². The van der Waals surface area contributed by atoms with Crippen LogP contribution in [0, 0.1) is 0 Å². The molecule has 1 aliphatic heterocycles. The van der Waals surface area contributed by atoms with Crippen molar-refractivity contribution in [3.05, 3.63) is 71.3 Å². The maximum Gasteiger partial charge on any atom is 0.261 e. The molecule has 2 aromatic carbocycles. The molecular weight excluding hydrogens is 352 g/mol. The first-order valence-corrected chi connectivity index (χ1v) is 9.87. The van der Waals surface area contributed by atoms with E-state index in [2.05, 4.69) is 5.32 Å². The Bertz CT molecular complexity index is 813. The third kappa shape index (κ3) is 4.66. The minimum Gasteiger partial charge on any atom is -0.350 e. The number of hydrogen-bond acceptors (Lipinski definition) is 3. The quantitative estimate of drug-likeness (QED) is 0.527. The number of imide groups is 1. The van der Waals surface area contributed by atoms with Gasteiger partial charge >= 0.3 is 0 Å². The smallest absolute Gasteiger partial charge is 0.261 e. The molecule has 5 heteroatoms. The lowest BCUT2D eigenvalue weighted by atomic mass is 10.1. The highest BCUT2D eigenvalue weighted by Crippen LogP contribution is 2.23. The summed E-state index contributed by atoms with van der Waals surface area (Å²) in [6.07, 6.45) is 3.83. The second-order valence-corrected chi connectivity index (χ2v) is 7.17. The Labute approximate surface area is 165 Å². The van der Waals surface area contributed by atoms with Gasteiger partial charge in [-0.2, -0.15) is 0 Å². The second-order valence-electron chi connectivity index (χ2n) is 7.17. The van der Waals surface area contributed by atoms with Crippen LogP contribution in [0.5, 0.6) is 0 Å². The average Bonchev–Trinajstić information content (AvgIpc) is 2.96. The van der Waals surface area contributed by atoms with Crippen molar-refractivity contribution in [3.63, 3.8) is 0 Å². The van der Waals surface area contributed by atoms with Crippen molar-refractivity contribution in [2.24, 2.45) is 0 Å². The molecule has 0 saturated carbocycles. The molecule has 1 atom stereocenters. The molecule has 28 heavy (non-hydrogen) atoms. The van der Waals surface area contributed by atoms with Gasteiger partial charge in [0, 0.05) is 13.0 Å². The second kappa shape index (κ2) is 9.31. The van der Waals surface area contributed by atoms with Crippen molar-refractivity contribution < 1.29 is 14.4 Å². The van der Waals surface area contributed by atoms with Crippen LogP contribution in [0.25, 0.3) is 0 Å². The van der Waals surface area contributed by atoms with Gasteiger partial charge in [0.05, 0.1) is 17.2 Å². The van der Waals surface area contributed by atoms with Gasteiger partial charge in [0.2, 0.25) is 5.91 Å². The van der Waals surface area contributed by atoms with Crippen LogP contribution < -0.4 is 5.32 Å². The lowest BCUT2D eigenvalue weighted by Crippen LogP contribution is -2.30. The van der Waals surface area contributed by atoms with E-state index in [9.17, 15) is 14.4 Å². The predicted molar refractivity (Wildman–Crippen MR) is 108 cm³/mol. The molecule has 5 nitrogen and oxygen atoms in total. The summed E-state index contributed by atoms with van der Waals surface area (Å²) >= 11 is 0. The van der Waals surface area contributed by atoms with Gasteiger partial charge in [-0.1, -0.05) is 55.3 Å². The fourth-order valence-electron chi connectivity index (χ4n) is 3.49. The Morgan fingerprint density at radius 3 is 2.07 bits per heavy atom. The van der Waals surface area contributed by atoms with Gasteiger partial charge in [0.1, 0.15) is 0 Å². The maximum atomic E-state index is 12.3. The van der Waals surface area contributed by atoms with E-state index < -0.39 is 0 Å². The molecule has 3 amide bonds. The third-order valence-corrected chi connectivity index (χ3v) is 5.09. The first kappa shape index (κ1) is 19.8. The normalized spacial score (nSPS) is 14.1. The predicted octanol–water partition coefficient (Wildman–Crippen LogP) is 4.11. The molecule has 146 valence electrons. The zero-order chi connectivity index (χ0) is 19.9. The largest absolute Gasteiger partial charge is 0.350 e. The number of nitrogens with one attached hydrogen (secondary N) is 1. The molecule has 0 radical (unpaired) electrons. The molecule has 3 rings (SSSR count). The van der Waals surface area contributed by atoms with Gasteiger partial charge in [0.25, 0.3) is 11.8 Å². The number of hydrogen-bond donors (Lipinski definition) is 1. The summed E-state index contributed by atoms with van der Waals surface area (Å²) in [7, 11) is 0. The van der Waals surface area contributed by atoms with Crippen LogP contribution in [-0.4, -0.2) is 29.2 Å². The summed E-state index contributed by atoms with van der Waals surface area (Å²) < 4.78 is 0. The van der Waals surface area contributed by atoms with Crippen LogP contribution in [0.2, 0.25) is 0 Å². The highest BCUT2D eigenvalue weighted by molar-refractivity contribution is 6.21. The Morgan fingerprint density at radius 2 is 1.43 bits per heavy atom. The van der Waals surface area contributed by atoms with Gasteiger partial charge < -0.3 is 5.32 Å². The van der Waals surface area contributed by atoms with Crippen LogP contribution >= 0.6 is 0 Å². The molecule has 0 spiro atoms. The minimum absolute atomic E-state index is 0.00234. The average molecular weight is 378 g/mol. The Morgan fingerprint density at radius 1 is 0.857 bits per heavy atom. The summed E-state index contributed by atoms with van der Waals surface area (Å²) in [6.45, 7) is 2.42. The van der Waals surface area contributed by atoms with E-state index in [0.29, 0.717) is 24.1 Å². The molecule has 1 aliphatic rings. The zero-order valence-corrected chi connectivity index (χ0v) is 16.2. The molecule has 0 bridgehead atoms. The Kier molecular flexibility index (Phi) is 6.58. The molecule has 0 fully saturated rings. The minimum atomic E-state index is -0.199. The number of fused-ring (bicyclic) bond motifs is 1. The van der Waals surface area contributed by atoms with Crippen molar-refractivity contribution in [1.29, 1.82) is 0 Å². The van der Waals surface area contributed by atoms with E-state index in [0.717, 1.165) is 31.2 Å². The van der Waals surface area contributed by atoms with Crippen molar-refractivity contribution in [1.82, 2.24) is 10.2 Å². The van der Waals surface area contributed by atoms with E-state index in [1.807, 2.05) is 37.3 Å². The highest BCUT2D eigenvalue weighted by atomic mass is 16.2. The number of nitrogens with zero attached hydrogens (tertiary/aromatic N) is 1. The summed E-state index contributed by atoms with van der Waals surface area (Å²) in [5, 5.41) is 3.02. The fraction of sp³-hybridized carbons (Fsp3) is 0.348. The maximum absolute atomic E-state index is 12.3. The number of carbonyl (C=O) groups excluding carboxylic acids is 3. The number of benzene rings is 2. The molecule has 1 heterocycles. The van der Waals surface area contributed by atoms with E-state index in [1.165, 1.54) is 4.90 Å². The van der Waals surface area contributed by atoms with Crippen LogP contribution in [0.3, 0.4) is 0 Å². The van der Waals surface area contributed by atoms with Gasteiger partial charge in [-0.3, -0.25) is 19.3 Å². The van der Waals surface area contributed by atoms with Crippen LogP contribution in [0.1, 0.15) is 71.3 Å². The number of unbranched alkanes of at least 4 members (excludes halogenated alkanes) is 3. The monoisotopic (exact) mass is 378 g/mol. The zero-order valence-electron chi connectivity index (χ0n) is 16.2. The van der Waals surface area contributed by atoms with E-state index in [-0.39, 0.29) is 23.8 Å². The van der Waals surface area contributed by atoms with Crippen LogP contribution in [-0.2, 0) is 4.79 Å². The van der Waals surface area contributed by atoms with Crippen LogP contribution in [0.15, 0.2) is 54.6 Å². The number of rotatable bonds is 9. The van der Waals surface area contributed by atoms with Crippen molar-refractivity contribution in [3.8, 4) is 0 Å². The number of amides is 3. The van der Waals surface area contributed by atoms with E-state index >= 15 is 0 Å². The molecule has 0 aliphatic carbocycles. The van der Waals surface area contributed by atoms with Gasteiger partial charge in [-0.25, -0.2) is 0 Å². The van der Waals surface area contributed by atoms with Crippen molar-refractivity contribution in [2.45, 2.75) is 45.1 Å². The summed E-state index contributed by atoms with van der Waals surface area (Å²) in [5.74, 6) is -0.346. The third-order valence-electron chi connectivity index (χ3n) is 5.09. The molecule has 2 aromatic rings. The fourth-order valence-corrected chi connectivity index (χ4v) is 3.49. The topological polar surface area (TPSA) is 66.5 Å². The summed E-state index contributed by atoms with van der Waals surface area (Å²) in [5.41, 5.74) is 2.09. The molecule has 0 unspecified atom stereocenters. The van der Waals surface area contributed by atoms with Gasteiger partial charge in [-0.15, -0.1) is 0 Å². The first-order valence-electron chi connectivity index (χ1n) is 9.87. The van der Waals surface area contributed by atoms with Crippen molar-refractivity contribution >= 4 is 17.7 Å². The van der Waals surface area contributed by atoms with Gasteiger partial charge in [-0.05, 0) is 37.5 Å². The standard InChI is InChI=1S/C23H26N2O3/c1-17(18-11-5-4-6-12-18)24-21(26)15-7-2-3-10-16-25-22(27)19-13-8-9-14-20(19)23(25)28/h4-6,8-9,11-14,17H,2-3,7,10,15-16H2,1H3,(H,24,26)/t17-/m1/s1. The first-order chi connectivity index (χ1) is 13.6. The van der Waals surface area contributed by atoms with E-state index in [4.69, 9.17) is 0 Å². The SMILES string of the molecule is C[C@@H](NC(=O)CCCCCCN1C(=O)c2ccccc2C1=O)c1ccccc1. The summed E-state index contributed by atoms with van der Waals surface area (Å²) in [6, 6.07) is 16.8. The van der Waals surface area contributed by atoms with Gasteiger partial charge in [0.15, 0.2) is 0 Å².